The predicted octanol–water partition coefficient (Wildman–Crippen LogP) is 3.73. The first-order chi connectivity index (χ1) is 14.9. The molecule has 0 bridgehead atoms. The van der Waals surface area contributed by atoms with Gasteiger partial charge in [0.1, 0.15) is 11.7 Å². The first-order valence-electron chi connectivity index (χ1n) is 9.65. The number of fused-ring (bicyclic) bond motifs is 1. The molecule has 1 heterocycles. The lowest BCUT2D eigenvalue weighted by molar-refractivity contribution is -0.384. The van der Waals surface area contributed by atoms with Crippen LogP contribution in [0.4, 0.5) is 11.4 Å². The lowest BCUT2D eigenvalue weighted by atomic mass is 10.1. The van der Waals surface area contributed by atoms with Crippen molar-refractivity contribution in [2.75, 3.05) is 26.1 Å². The summed E-state index contributed by atoms with van der Waals surface area (Å²) in [5.74, 6) is 0.524. The first kappa shape index (κ1) is 23.5. The highest BCUT2D eigenvalue weighted by Gasteiger charge is 2.33. The minimum Gasteiger partial charge on any atom is -0.368 e. The third-order valence-corrected chi connectivity index (χ3v) is 6.75. The molecule has 0 aromatic heterocycles. The molecule has 0 fully saturated rings. The van der Waals surface area contributed by atoms with E-state index >= 15 is 0 Å². The topological polar surface area (TPSA) is 103 Å². The van der Waals surface area contributed by atoms with Crippen molar-refractivity contribution in [1.82, 2.24) is 5.32 Å². The average Bonchev–Trinajstić information content (AvgIpc) is 3.19. The van der Waals surface area contributed by atoms with Crippen molar-refractivity contribution in [3.8, 4) is 0 Å². The summed E-state index contributed by atoms with van der Waals surface area (Å²) in [7, 11) is 3.14. The van der Waals surface area contributed by atoms with E-state index < -0.39 is 17.3 Å². The third-order valence-electron chi connectivity index (χ3n) is 4.97. The summed E-state index contributed by atoms with van der Waals surface area (Å²) in [6, 6.07) is 12.7. The van der Waals surface area contributed by atoms with Gasteiger partial charge in [-0.15, -0.1) is 11.8 Å². The molecule has 0 aliphatic carbocycles. The summed E-state index contributed by atoms with van der Waals surface area (Å²) < 4.78 is 11.5. The van der Waals surface area contributed by atoms with E-state index in [1.54, 1.807) is 32.0 Å². The molecule has 166 valence electrons. The second kappa shape index (κ2) is 10.9. The van der Waals surface area contributed by atoms with Gasteiger partial charge in [-0.1, -0.05) is 46.3 Å². The zero-order valence-corrected chi connectivity index (χ0v) is 19.6. The smallest absolute Gasteiger partial charge is 0.293 e. The summed E-state index contributed by atoms with van der Waals surface area (Å²) in [6.07, 6.45) is -0.110. The van der Waals surface area contributed by atoms with Crippen molar-refractivity contribution < 1.29 is 19.2 Å². The fourth-order valence-corrected chi connectivity index (χ4v) is 5.13. The van der Waals surface area contributed by atoms with Gasteiger partial charge in [-0.25, -0.2) is 0 Å². The lowest BCUT2D eigenvalue weighted by Crippen LogP contribution is -2.44. The number of thioether (sulfide) groups is 1. The summed E-state index contributed by atoms with van der Waals surface area (Å²) in [4.78, 5) is 23.7. The number of ether oxygens (including phenoxy) is 2. The maximum absolute atomic E-state index is 12.8. The highest BCUT2D eigenvalue weighted by atomic mass is 79.9. The van der Waals surface area contributed by atoms with Crippen LogP contribution in [-0.2, 0) is 26.4 Å². The van der Waals surface area contributed by atoms with E-state index in [-0.39, 0.29) is 16.8 Å². The van der Waals surface area contributed by atoms with Gasteiger partial charge in [-0.3, -0.25) is 14.9 Å². The molecule has 8 nitrogen and oxygen atoms in total. The quantitative estimate of drug-likeness (QED) is 0.285. The van der Waals surface area contributed by atoms with Crippen LogP contribution in [0.2, 0.25) is 0 Å². The van der Waals surface area contributed by atoms with Gasteiger partial charge in [-0.2, -0.15) is 0 Å². The number of nitro groups is 1. The van der Waals surface area contributed by atoms with E-state index in [2.05, 4.69) is 26.6 Å². The maximum Gasteiger partial charge on any atom is 0.293 e. The van der Waals surface area contributed by atoms with Gasteiger partial charge < -0.3 is 20.1 Å². The van der Waals surface area contributed by atoms with Crippen LogP contribution in [0.3, 0.4) is 0 Å². The number of benzene rings is 2. The lowest BCUT2D eigenvalue weighted by Gasteiger charge is -2.25. The van der Waals surface area contributed by atoms with Gasteiger partial charge in [0.05, 0.1) is 10.2 Å². The Hall–Kier alpha value is -2.14. The second-order valence-corrected chi connectivity index (χ2v) is 9.18. The molecular weight excluding hydrogens is 486 g/mol. The van der Waals surface area contributed by atoms with Crippen molar-refractivity contribution in [3.05, 3.63) is 68.2 Å². The van der Waals surface area contributed by atoms with Crippen LogP contribution >= 0.6 is 27.7 Å². The van der Waals surface area contributed by atoms with Crippen molar-refractivity contribution in [3.63, 3.8) is 0 Å². The summed E-state index contributed by atoms with van der Waals surface area (Å²) >= 11 is 4.93. The molecule has 2 aromatic rings. The van der Waals surface area contributed by atoms with E-state index in [1.807, 2.05) is 30.3 Å². The van der Waals surface area contributed by atoms with Gasteiger partial charge in [0.15, 0.2) is 6.29 Å². The molecule has 31 heavy (non-hydrogen) atoms. The van der Waals surface area contributed by atoms with E-state index in [0.29, 0.717) is 23.1 Å². The van der Waals surface area contributed by atoms with E-state index in [9.17, 15) is 14.9 Å². The summed E-state index contributed by atoms with van der Waals surface area (Å²) in [6.45, 7) is 0.336. The fourth-order valence-electron chi connectivity index (χ4n) is 3.46. The van der Waals surface area contributed by atoms with Crippen LogP contribution in [-0.4, -0.2) is 49.2 Å². The minimum atomic E-state index is -0.577. The molecule has 0 radical (unpaired) electrons. The highest BCUT2D eigenvalue weighted by molar-refractivity contribution is 9.10. The average molecular weight is 510 g/mol. The van der Waals surface area contributed by atoms with Crippen LogP contribution in [0.25, 0.3) is 0 Å². The van der Waals surface area contributed by atoms with Crippen LogP contribution in [0.1, 0.15) is 11.1 Å². The van der Waals surface area contributed by atoms with E-state index in [1.165, 1.54) is 11.6 Å². The third kappa shape index (κ3) is 5.97. The van der Waals surface area contributed by atoms with Crippen LogP contribution in [0.5, 0.6) is 0 Å². The first-order valence-corrected chi connectivity index (χ1v) is 11.5. The number of carbonyl (C=O) groups excluding carboxylic acids is 1. The standard InChI is InChI=1S/C21H24BrN3O5S/c1-29-21(30-2)18(31-12-13-6-4-3-5-7-13)11-23-20(26)16-9-14-8-15(22)10-17(25(27)28)19(14)24-16/h3-8,10,16,18,21,24H,9,11-12H2,1-2H3,(H,23,26). The van der Waals surface area contributed by atoms with Crippen LogP contribution < -0.4 is 10.6 Å². The molecule has 0 saturated heterocycles. The molecule has 0 saturated carbocycles. The SMILES string of the molecule is COC(OC)C(CNC(=O)C1Cc2cc(Br)cc([N+](=O)[O-])c2N1)SCc1ccccc1. The monoisotopic (exact) mass is 509 g/mol. The molecule has 10 heteroatoms. The number of methoxy groups -OCH3 is 2. The molecule has 2 atom stereocenters. The normalized spacial score (nSPS) is 15.9. The number of halogens is 1. The van der Waals surface area contributed by atoms with E-state index in [4.69, 9.17) is 9.47 Å². The zero-order chi connectivity index (χ0) is 22.4. The molecule has 2 aromatic carbocycles. The Morgan fingerprint density at radius 3 is 2.68 bits per heavy atom. The Labute approximate surface area is 193 Å². The van der Waals surface area contributed by atoms with Crippen LogP contribution in [0, 0.1) is 10.1 Å². The number of nitrogens with zero attached hydrogens (tertiary/aromatic N) is 1. The van der Waals surface area contributed by atoms with Gasteiger partial charge in [0.25, 0.3) is 5.69 Å². The Kier molecular flexibility index (Phi) is 8.30. The Balaban J connectivity index is 1.62. The molecule has 0 spiro atoms. The Morgan fingerprint density at radius 2 is 2.03 bits per heavy atom. The van der Waals surface area contributed by atoms with Gasteiger partial charge in [-0.05, 0) is 17.2 Å². The number of amides is 1. The largest absolute Gasteiger partial charge is 0.368 e. The number of hydrogen-bond donors (Lipinski definition) is 2. The minimum absolute atomic E-state index is 0.0465. The predicted molar refractivity (Wildman–Crippen MR) is 124 cm³/mol. The number of hydrogen-bond acceptors (Lipinski definition) is 7. The van der Waals surface area contributed by atoms with Gasteiger partial charge in [0, 0.05) is 43.5 Å². The van der Waals surface area contributed by atoms with Gasteiger partial charge in [0.2, 0.25) is 5.91 Å². The molecule has 2 N–H and O–H groups in total. The Bertz CT molecular complexity index is 927. The number of anilines is 1. The fraction of sp³-hybridized carbons (Fsp3) is 0.381. The number of rotatable bonds is 10. The molecule has 3 rings (SSSR count). The molecular formula is C21H24BrN3O5S. The second-order valence-electron chi connectivity index (χ2n) is 7.04. The van der Waals surface area contributed by atoms with Crippen molar-refractivity contribution in [2.45, 2.75) is 29.8 Å². The molecule has 1 amide bonds. The molecule has 1 aliphatic heterocycles. The number of carbonyl (C=O) groups is 1. The molecule has 2 unspecified atom stereocenters. The highest BCUT2D eigenvalue weighted by Crippen LogP contribution is 2.37. The maximum atomic E-state index is 12.8. The molecule has 1 aliphatic rings. The van der Waals surface area contributed by atoms with Crippen molar-refractivity contribution in [2.24, 2.45) is 0 Å². The summed E-state index contributed by atoms with van der Waals surface area (Å²) in [5, 5.41) is 17.2. The van der Waals surface area contributed by atoms with Crippen molar-refractivity contribution >= 4 is 45.0 Å². The Morgan fingerprint density at radius 1 is 1.32 bits per heavy atom. The van der Waals surface area contributed by atoms with E-state index in [0.717, 1.165) is 11.3 Å². The summed E-state index contributed by atoms with van der Waals surface area (Å²) in [5.41, 5.74) is 2.26. The van der Waals surface area contributed by atoms with Crippen LogP contribution in [0.15, 0.2) is 46.9 Å². The zero-order valence-electron chi connectivity index (χ0n) is 17.2. The number of nitrogens with one attached hydrogen (secondary N) is 2. The number of nitro benzene ring substituents is 1. The van der Waals surface area contributed by atoms with Crippen molar-refractivity contribution in [1.29, 1.82) is 0 Å². The van der Waals surface area contributed by atoms with Gasteiger partial charge >= 0.3 is 0 Å².